The Morgan fingerprint density at radius 1 is 1.11 bits per heavy atom. The van der Waals surface area contributed by atoms with Gasteiger partial charge in [0.25, 0.3) is 0 Å². The van der Waals surface area contributed by atoms with Gasteiger partial charge in [-0.05, 0) is 70.4 Å². The van der Waals surface area contributed by atoms with Crippen molar-refractivity contribution in [1.82, 2.24) is 0 Å². The quantitative estimate of drug-likeness (QED) is 0.598. The van der Waals surface area contributed by atoms with Crippen LogP contribution >= 0.6 is 0 Å². The molecular formula is C24H36O4. The van der Waals surface area contributed by atoms with E-state index in [9.17, 15) is 9.59 Å². The third kappa shape index (κ3) is 6.08. The van der Waals surface area contributed by atoms with Crippen molar-refractivity contribution in [3.8, 4) is 0 Å². The first kappa shape index (κ1) is 22.4. The van der Waals surface area contributed by atoms with Crippen LogP contribution in [-0.2, 0) is 31.9 Å². The van der Waals surface area contributed by atoms with Gasteiger partial charge in [0.15, 0.2) is 0 Å². The van der Waals surface area contributed by atoms with Gasteiger partial charge in [-0.15, -0.1) is 0 Å². The zero-order valence-corrected chi connectivity index (χ0v) is 18.2. The number of rotatable bonds is 7. The maximum absolute atomic E-state index is 13.2. The standard InChI is InChI=1S/C24H36O4/c1-6-8-18-10-12-19(13-11-18)14-16-24(22(26)28-23(2,3)4)15-7-9-20(17-24)21(25)27-5/h10-13,20H,6-9,14-17H2,1-5H3. The molecule has 0 radical (unpaired) electrons. The molecule has 28 heavy (non-hydrogen) atoms. The average molecular weight is 389 g/mol. The lowest BCUT2D eigenvalue weighted by atomic mass is 9.66. The van der Waals surface area contributed by atoms with E-state index < -0.39 is 11.0 Å². The van der Waals surface area contributed by atoms with Gasteiger partial charge >= 0.3 is 11.9 Å². The molecule has 0 aliphatic heterocycles. The average Bonchev–Trinajstić information content (AvgIpc) is 2.66. The van der Waals surface area contributed by atoms with Gasteiger partial charge in [0, 0.05) is 0 Å². The first-order valence-corrected chi connectivity index (χ1v) is 10.6. The van der Waals surface area contributed by atoms with Crippen molar-refractivity contribution in [2.24, 2.45) is 11.3 Å². The Labute approximate surface area is 170 Å². The lowest BCUT2D eigenvalue weighted by Crippen LogP contribution is -2.43. The highest BCUT2D eigenvalue weighted by Gasteiger charge is 2.46. The van der Waals surface area contributed by atoms with Crippen molar-refractivity contribution >= 4 is 11.9 Å². The minimum absolute atomic E-state index is 0.170. The smallest absolute Gasteiger partial charge is 0.312 e. The molecule has 0 saturated heterocycles. The third-order valence-corrected chi connectivity index (χ3v) is 5.67. The largest absolute Gasteiger partial charge is 0.469 e. The van der Waals surface area contributed by atoms with Gasteiger partial charge in [0.1, 0.15) is 5.60 Å². The van der Waals surface area contributed by atoms with Gasteiger partial charge in [0.2, 0.25) is 0 Å². The molecule has 0 aromatic heterocycles. The molecule has 0 spiro atoms. The molecule has 1 fully saturated rings. The van der Waals surface area contributed by atoms with Crippen LogP contribution in [0.5, 0.6) is 0 Å². The van der Waals surface area contributed by atoms with E-state index >= 15 is 0 Å². The molecule has 1 aliphatic carbocycles. The zero-order valence-electron chi connectivity index (χ0n) is 18.2. The summed E-state index contributed by atoms with van der Waals surface area (Å²) >= 11 is 0. The zero-order chi connectivity index (χ0) is 20.8. The van der Waals surface area contributed by atoms with Gasteiger partial charge in [0.05, 0.1) is 18.4 Å². The summed E-state index contributed by atoms with van der Waals surface area (Å²) in [6, 6.07) is 8.68. The molecule has 1 aromatic rings. The van der Waals surface area contributed by atoms with Crippen LogP contribution in [0, 0.1) is 11.3 Å². The Bertz CT molecular complexity index is 656. The predicted molar refractivity (Wildman–Crippen MR) is 111 cm³/mol. The fraction of sp³-hybridized carbons (Fsp3) is 0.667. The Morgan fingerprint density at radius 3 is 2.25 bits per heavy atom. The van der Waals surface area contributed by atoms with Crippen LogP contribution in [-0.4, -0.2) is 24.6 Å². The van der Waals surface area contributed by atoms with Crippen LogP contribution in [0.25, 0.3) is 0 Å². The van der Waals surface area contributed by atoms with Crippen molar-refractivity contribution in [3.05, 3.63) is 35.4 Å². The number of hydrogen-bond donors (Lipinski definition) is 0. The minimum Gasteiger partial charge on any atom is -0.469 e. The molecule has 2 unspecified atom stereocenters. The van der Waals surface area contributed by atoms with Gasteiger partial charge in [-0.2, -0.15) is 0 Å². The van der Waals surface area contributed by atoms with E-state index in [2.05, 4.69) is 31.2 Å². The Hall–Kier alpha value is -1.84. The van der Waals surface area contributed by atoms with E-state index in [0.29, 0.717) is 12.8 Å². The second kappa shape index (κ2) is 9.58. The van der Waals surface area contributed by atoms with Crippen LogP contribution < -0.4 is 0 Å². The molecule has 0 N–H and O–H groups in total. The van der Waals surface area contributed by atoms with E-state index in [4.69, 9.17) is 9.47 Å². The number of esters is 2. The maximum Gasteiger partial charge on any atom is 0.312 e. The van der Waals surface area contributed by atoms with Crippen molar-refractivity contribution in [2.75, 3.05) is 7.11 Å². The molecule has 1 aliphatic rings. The molecule has 156 valence electrons. The highest BCUT2D eigenvalue weighted by Crippen LogP contribution is 2.45. The highest BCUT2D eigenvalue weighted by molar-refractivity contribution is 5.80. The van der Waals surface area contributed by atoms with Crippen LogP contribution in [0.4, 0.5) is 0 Å². The molecule has 1 aromatic carbocycles. The summed E-state index contributed by atoms with van der Waals surface area (Å²) < 4.78 is 10.8. The maximum atomic E-state index is 13.2. The van der Waals surface area contributed by atoms with Crippen molar-refractivity contribution in [3.63, 3.8) is 0 Å². The Kier molecular flexibility index (Phi) is 7.68. The van der Waals surface area contributed by atoms with Crippen LogP contribution in [0.2, 0.25) is 0 Å². The molecule has 1 saturated carbocycles. The Balaban J connectivity index is 2.18. The van der Waals surface area contributed by atoms with E-state index in [1.54, 1.807) is 0 Å². The topological polar surface area (TPSA) is 52.6 Å². The molecule has 0 amide bonds. The predicted octanol–water partition coefficient (Wildman–Crippen LogP) is 5.26. The molecule has 0 bridgehead atoms. The molecule has 4 heteroatoms. The second-order valence-corrected chi connectivity index (χ2v) is 9.17. The molecule has 2 atom stereocenters. The van der Waals surface area contributed by atoms with E-state index in [1.807, 2.05) is 20.8 Å². The number of benzene rings is 1. The monoisotopic (exact) mass is 388 g/mol. The van der Waals surface area contributed by atoms with Crippen LogP contribution in [0.15, 0.2) is 24.3 Å². The first-order valence-electron chi connectivity index (χ1n) is 10.6. The van der Waals surface area contributed by atoms with Gasteiger partial charge in [-0.3, -0.25) is 9.59 Å². The summed E-state index contributed by atoms with van der Waals surface area (Å²) in [6.45, 7) is 7.86. The van der Waals surface area contributed by atoms with Gasteiger partial charge < -0.3 is 9.47 Å². The molecular weight excluding hydrogens is 352 g/mol. The summed E-state index contributed by atoms with van der Waals surface area (Å²) in [7, 11) is 1.42. The van der Waals surface area contributed by atoms with Crippen LogP contribution in [0.3, 0.4) is 0 Å². The van der Waals surface area contributed by atoms with Gasteiger partial charge in [-0.1, -0.05) is 44.0 Å². The number of aryl methyl sites for hydroxylation is 2. The number of hydrogen-bond acceptors (Lipinski definition) is 4. The SMILES string of the molecule is CCCc1ccc(CCC2(C(=O)OC(C)(C)C)CCCC(C(=O)OC)C2)cc1. The summed E-state index contributed by atoms with van der Waals surface area (Å²) in [5.74, 6) is -0.606. The summed E-state index contributed by atoms with van der Waals surface area (Å²) in [5.41, 5.74) is 1.41. The van der Waals surface area contributed by atoms with Crippen molar-refractivity contribution in [2.45, 2.75) is 84.7 Å². The fourth-order valence-electron chi connectivity index (χ4n) is 4.18. The van der Waals surface area contributed by atoms with Crippen molar-refractivity contribution in [1.29, 1.82) is 0 Å². The number of carbonyl (C=O) groups is 2. The van der Waals surface area contributed by atoms with Gasteiger partial charge in [-0.25, -0.2) is 0 Å². The van der Waals surface area contributed by atoms with Crippen molar-refractivity contribution < 1.29 is 19.1 Å². The first-order chi connectivity index (χ1) is 13.2. The minimum atomic E-state index is -0.619. The second-order valence-electron chi connectivity index (χ2n) is 9.17. The molecule has 4 nitrogen and oxygen atoms in total. The summed E-state index contributed by atoms with van der Waals surface area (Å²) in [6.07, 6.45) is 6.63. The highest BCUT2D eigenvalue weighted by atomic mass is 16.6. The summed E-state index contributed by atoms with van der Waals surface area (Å²) in [4.78, 5) is 25.3. The number of ether oxygens (including phenoxy) is 2. The number of carbonyl (C=O) groups excluding carboxylic acids is 2. The third-order valence-electron chi connectivity index (χ3n) is 5.67. The van der Waals surface area contributed by atoms with E-state index in [0.717, 1.165) is 38.5 Å². The lowest BCUT2D eigenvalue weighted by Gasteiger charge is -2.39. The number of methoxy groups -OCH3 is 1. The van der Waals surface area contributed by atoms with E-state index in [-0.39, 0.29) is 17.9 Å². The molecule has 0 heterocycles. The summed E-state index contributed by atoms with van der Waals surface area (Å²) in [5, 5.41) is 0. The Morgan fingerprint density at radius 2 is 1.71 bits per heavy atom. The van der Waals surface area contributed by atoms with Crippen LogP contribution in [0.1, 0.15) is 77.3 Å². The van der Waals surface area contributed by atoms with E-state index in [1.165, 1.54) is 18.2 Å². The fourth-order valence-corrected chi connectivity index (χ4v) is 4.18. The lowest BCUT2D eigenvalue weighted by molar-refractivity contribution is -0.173. The normalized spacial score (nSPS) is 22.5. The molecule has 2 rings (SSSR count).